The number of allylic oxidation sites excluding steroid dienone is 3. The van der Waals surface area contributed by atoms with Crippen LogP contribution >= 0.6 is 11.6 Å². The van der Waals surface area contributed by atoms with Gasteiger partial charge < -0.3 is 0 Å². The van der Waals surface area contributed by atoms with E-state index >= 15 is 0 Å². The molecule has 0 fully saturated rings. The molecule has 0 N–H and O–H groups in total. The summed E-state index contributed by atoms with van der Waals surface area (Å²) in [4.78, 5) is 0. The molecular weight excluding hydrogens is 263 g/mol. The molecule has 0 aliphatic carbocycles. The van der Waals surface area contributed by atoms with Crippen LogP contribution in [-0.4, -0.2) is 6.18 Å². The van der Waals surface area contributed by atoms with E-state index in [4.69, 9.17) is 16.9 Å². The molecule has 0 heterocycles. The number of benzene rings is 1. The molecule has 0 aliphatic heterocycles. The van der Waals surface area contributed by atoms with E-state index in [1.54, 1.807) is 24.3 Å². The van der Waals surface area contributed by atoms with Gasteiger partial charge in [-0.3, -0.25) is 0 Å². The van der Waals surface area contributed by atoms with Crippen molar-refractivity contribution in [3.05, 3.63) is 52.1 Å². The minimum Gasteiger partial charge on any atom is -0.193 e. The zero-order chi connectivity index (χ0) is 13.8. The molecule has 0 aromatic heterocycles. The lowest BCUT2D eigenvalue weighted by atomic mass is 10.0. The van der Waals surface area contributed by atoms with Crippen LogP contribution in [0.4, 0.5) is 13.2 Å². The standard InChI is InChI=1S/C13H9ClF3N/c1-9(12(6-7-18)13(15,16)17)8-10-2-4-11(14)5-3-10/h2-6,8H,1H3/b9-8+,12-6-. The Labute approximate surface area is 108 Å². The van der Waals surface area contributed by atoms with Crippen LogP contribution in [0, 0.1) is 11.3 Å². The fourth-order valence-electron chi connectivity index (χ4n) is 1.37. The van der Waals surface area contributed by atoms with Gasteiger partial charge in [-0.2, -0.15) is 18.4 Å². The fraction of sp³-hybridized carbons (Fsp3) is 0.154. The molecule has 0 bridgehead atoms. The highest BCUT2D eigenvalue weighted by Gasteiger charge is 2.34. The lowest BCUT2D eigenvalue weighted by molar-refractivity contribution is -0.0891. The van der Waals surface area contributed by atoms with Gasteiger partial charge in [0.25, 0.3) is 0 Å². The van der Waals surface area contributed by atoms with Crippen LogP contribution in [0.15, 0.2) is 41.5 Å². The van der Waals surface area contributed by atoms with Crippen molar-refractivity contribution < 1.29 is 13.2 Å². The highest BCUT2D eigenvalue weighted by Crippen LogP contribution is 2.31. The second-order valence-electron chi connectivity index (χ2n) is 3.56. The van der Waals surface area contributed by atoms with Gasteiger partial charge in [-0.05, 0) is 30.2 Å². The minimum atomic E-state index is -4.54. The Hall–Kier alpha value is -1.73. The molecular formula is C13H9ClF3N. The molecule has 0 spiro atoms. The first-order valence-electron chi connectivity index (χ1n) is 4.96. The van der Waals surface area contributed by atoms with Crippen molar-refractivity contribution in [2.24, 2.45) is 0 Å². The SMILES string of the molecule is CC(=C\c1ccc(Cl)cc1)/C(=C/C#N)C(F)(F)F. The zero-order valence-electron chi connectivity index (χ0n) is 9.42. The van der Waals surface area contributed by atoms with Crippen molar-refractivity contribution in [3.8, 4) is 6.07 Å². The van der Waals surface area contributed by atoms with E-state index in [1.165, 1.54) is 19.1 Å². The van der Waals surface area contributed by atoms with Crippen LogP contribution in [0.1, 0.15) is 12.5 Å². The van der Waals surface area contributed by atoms with E-state index < -0.39 is 11.7 Å². The van der Waals surface area contributed by atoms with Crippen molar-refractivity contribution in [2.75, 3.05) is 0 Å². The second-order valence-corrected chi connectivity index (χ2v) is 4.00. The Balaban J connectivity index is 3.12. The van der Waals surface area contributed by atoms with Gasteiger partial charge in [0.15, 0.2) is 0 Å². The summed E-state index contributed by atoms with van der Waals surface area (Å²) in [6.45, 7) is 1.31. The molecule has 0 aliphatic rings. The van der Waals surface area contributed by atoms with Gasteiger partial charge in [-0.25, -0.2) is 0 Å². The van der Waals surface area contributed by atoms with E-state index in [0.29, 0.717) is 16.7 Å². The molecule has 0 saturated carbocycles. The van der Waals surface area contributed by atoms with Crippen molar-refractivity contribution in [1.29, 1.82) is 5.26 Å². The molecule has 5 heteroatoms. The maximum atomic E-state index is 12.6. The normalized spacial score (nSPS) is 13.3. The summed E-state index contributed by atoms with van der Waals surface area (Å²) < 4.78 is 37.9. The van der Waals surface area contributed by atoms with Crippen molar-refractivity contribution in [3.63, 3.8) is 0 Å². The summed E-state index contributed by atoms with van der Waals surface area (Å²) in [5.41, 5.74) is -0.378. The van der Waals surface area contributed by atoms with E-state index in [-0.39, 0.29) is 5.57 Å². The molecule has 1 nitrogen and oxygen atoms in total. The average molecular weight is 272 g/mol. The minimum absolute atomic E-state index is 0.0219. The number of hydrogen-bond acceptors (Lipinski definition) is 1. The fourth-order valence-corrected chi connectivity index (χ4v) is 1.50. The number of hydrogen-bond donors (Lipinski definition) is 0. The predicted molar refractivity (Wildman–Crippen MR) is 64.9 cm³/mol. The Morgan fingerprint density at radius 1 is 1.28 bits per heavy atom. The van der Waals surface area contributed by atoms with Crippen LogP contribution in [0.3, 0.4) is 0 Å². The molecule has 0 radical (unpaired) electrons. The largest absolute Gasteiger partial charge is 0.417 e. The summed E-state index contributed by atoms with van der Waals surface area (Å²) in [7, 11) is 0. The zero-order valence-corrected chi connectivity index (χ0v) is 10.2. The molecule has 18 heavy (non-hydrogen) atoms. The third-order valence-electron chi connectivity index (χ3n) is 2.19. The molecule has 1 rings (SSSR count). The van der Waals surface area contributed by atoms with Gasteiger partial charge in [0.2, 0.25) is 0 Å². The average Bonchev–Trinajstić information content (AvgIpc) is 2.27. The summed E-state index contributed by atoms with van der Waals surface area (Å²) in [5.74, 6) is 0. The van der Waals surface area contributed by atoms with Crippen LogP contribution in [0.25, 0.3) is 6.08 Å². The summed E-state index contributed by atoms with van der Waals surface area (Å²) in [5, 5.41) is 8.89. The van der Waals surface area contributed by atoms with E-state index in [9.17, 15) is 13.2 Å². The molecule has 0 saturated heterocycles. The van der Waals surface area contributed by atoms with Gasteiger partial charge in [0, 0.05) is 11.1 Å². The second kappa shape index (κ2) is 5.74. The lowest BCUT2D eigenvalue weighted by Gasteiger charge is -2.11. The highest BCUT2D eigenvalue weighted by molar-refractivity contribution is 6.30. The first-order valence-corrected chi connectivity index (χ1v) is 5.33. The van der Waals surface area contributed by atoms with E-state index in [1.807, 2.05) is 0 Å². The topological polar surface area (TPSA) is 23.8 Å². The van der Waals surface area contributed by atoms with Gasteiger partial charge in [0.1, 0.15) is 0 Å². The summed E-state index contributed by atoms with van der Waals surface area (Å²) >= 11 is 5.68. The number of alkyl halides is 3. The number of rotatable bonds is 2. The van der Waals surface area contributed by atoms with Crippen molar-refractivity contribution in [2.45, 2.75) is 13.1 Å². The summed E-state index contributed by atoms with van der Waals surface area (Å²) in [6, 6.07) is 7.78. The van der Waals surface area contributed by atoms with Crippen molar-refractivity contribution in [1.82, 2.24) is 0 Å². The Morgan fingerprint density at radius 2 is 1.83 bits per heavy atom. The first kappa shape index (κ1) is 14.3. The molecule has 94 valence electrons. The van der Waals surface area contributed by atoms with Gasteiger partial charge >= 0.3 is 6.18 Å². The molecule has 0 unspecified atom stereocenters. The number of halogens is 4. The Kier molecular flexibility index (Phi) is 4.57. The smallest absolute Gasteiger partial charge is 0.193 e. The van der Waals surface area contributed by atoms with E-state index in [2.05, 4.69) is 0 Å². The van der Waals surface area contributed by atoms with Crippen LogP contribution in [-0.2, 0) is 0 Å². The number of nitriles is 1. The molecule has 0 atom stereocenters. The van der Waals surface area contributed by atoms with E-state index in [0.717, 1.165) is 0 Å². The molecule has 1 aromatic rings. The molecule has 0 amide bonds. The third-order valence-corrected chi connectivity index (χ3v) is 2.44. The third kappa shape index (κ3) is 3.94. The number of nitrogens with zero attached hydrogens (tertiary/aromatic N) is 1. The van der Waals surface area contributed by atoms with Crippen LogP contribution in [0.5, 0.6) is 0 Å². The monoisotopic (exact) mass is 271 g/mol. The summed E-state index contributed by atoms with van der Waals surface area (Å²) in [6.07, 6.45) is -2.68. The van der Waals surface area contributed by atoms with Crippen LogP contribution in [0.2, 0.25) is 5.02 Å². The van der Waals surface area contributed by atoms with Gasteiger partial charge in [-0.1, -0.05) is 29.8 Å². The highest BCUT2D eigenvalue weighted by atomic mass is 35.5. The Bertz CT molecular complexity index is 519. The maximum Gasteiger partial charge on any atom is 0.417 e. The molecule has 1 aromatic carbocycles. The van der Waals surface area contributed by atoms with Gasteiger partial charge in [0.05, 0.1) is 11.6 Å². The predicted octanol–water partition coefficient (Wildman–Crippen LogP) is 4.76. The van der Waals surface area contributed by atoms with Crippen LogP contribution < -0.4 is 0 Å². The lowest BCUT2D eigenvalue weighted by Crippen LogP contribution is -2.12. The Morgan fingerprint density at radius 3 is 2.28 bits per heavy atom. The quantitative estimate of drug-likeness (QED) is 0.562. The van der Waals surface area contributed by atoms with Crippen molar-refractivity contribution >= 4 is 17.7 Å². The maximum absolute atomic E-state index is 12.6. The first-order chi connectivity index (χ1) is 8.34. The van der Waals surface area contributed by atoms with Gasteiger partial charge in [-0.15, -0.1) is 0 Å².